The minimum Gasteiger partial charge on any atom is -0.496 e. The Morgan fingerprint density at radius 2 is 2.04 bits per heavy atom. The number of amides is 1. The molecule has 1 unspecified atom stereocenters. The maximum atomic E-state index is 12.3. The van der Waals surface area contributed by atoms with Crippen molar-refractivity contribution in [2.24, 2.45) is 10.7 Å². The van der Waals surface area contributed by atoms with Gasteiger partial charge in [0.05, 0.1) is 32.8 Å². The first-order chi connectivity index (χ1) is 13.2. The number of nitrogens with zero attached hydrogens (tertiary/aromatic N) is 1. The second kappa shape index (κ2) is 8.93. The fourth-order valence-electron chi connectivity index (χ4n) is 2.97. The third-order valence-corrected chi connectivity index (χ3v) is 4.34. The van der Waals surface area contributed by atoms with E-state index in [1.54, 1.807) is 7.11 Å². The van der Waals surface area contributed by atoms with Crippen LogP contribution in [0.3, 0.4) is 0 Å². The zero-order valence-electron chi connectivity index (χ0n) is 15.3. The number of aliphatic imine (C=N–C) groups is 1. The topological polar surface area (TPSA) is 98.0 Å². The molecular weight excluding hydrogens is 344 g/mol. The van der Waals surface area contributed by atoms with Gasteiger partial charge in [0, 0.05) is 17.5 Å². The highest BCUT2D eigenvalue weighted by molar-refractivity contribution is 5.85. The molecule has 1 aliphatic heterocycles. The van der Waals surface area contributed by atoms with Gasteiger partial charge in [-0.3, -0.25) is 4.79 Å². The molecule has 3 rings (SSSR count). The van der Waals surface area contributed by atoms with E-state index in [9.17, 15) is 4.79 Å². The van der Waals surface area contributed by atoms with Crippen LogP contribution in [0.1, 0.15) is 23.6 Å². The average molecular weight is 368 g/mol. The third-order valence-electron chi connectivity index (χ3n) is 4.34. The smallest absolute Gasteiger partial charge is 0.239 e. The van der Waals surface area contributed by atoms with Gasteiger partial charge in [-0.15, -0.1) is 0 Å². The predicted molar refractivity (Wildman–Crippen MR) is 104 cm³/mol. The molecular formula is C20H24N4O3. The number of hydrogen-bond donors (Lipinski definition) is 3. The lowest BCUT2D eigenvalue weighted by Crippen LogP contribution is -2.42. The zero-order valence-corrected chi connectivity index (χ0v) is 15.3. The normalized spacial score (nSPS) is 16.0. The van der Waals surface area contributed by atoms with Crippen molar-refractivity contribution in [2.45, 2.75) is 19.0 Å². The molecule has 4 N–H and O–H groups in total. The number of hydrogen-bond acceptors (Lipinski definition) is 4. The van der Waals surface area contributed by atoms with Crippen LogP contribution < -0.4 is 25.8 Å². The minimum atomic E-state index is -0.146. The monoisotopic (exact) mass is 368 g/mol. The number of carbonyl (C=O) groups is 1. The number of nitrogens with one attached hydrogen (secondary N) is 2. The van der Waals surface area contributed by atoms with Crippen LogP contribution in [0.25, 0.3) is 0 Å². The fourth-order valence-corrected chi connectivity index (χ4v) is 2.97. The van der Waals surface area contributed by atoms with Crippen LogP contribution >= 0.6 is 0 Å². The minimum absolute atomic E-state index is 0.0563. The molecule has 7 nitrogen and oxygen atoms in total. The second-order valence-electron chi connectivity index (χ2n) is 6.16. The molecule has 1 heterocycles. The number of para-hydroxylation sites is 2. The Bertz CT molecular complexity index is 822. The third kappa shape index (κ3) is 4.91. The second-order valence-corrected chi connectivity index (χ2v) is 6.16. The van der Waals surface area contributed by atoms with Crippen molar-refractivity contribution < 1.29 is 14.3 Å². The number of rotatable bonds is 6. The first-order valence-corrected chi connectivity index (χ1v) is 8.84. The summed E-state index contributed by atoms with van der Waals surface area (Å²) in [5, 5.41) is 5.86. The number of nitrogens with two attached hydrogens (primary N) is 1. The van der Waals surface area contributed by atoms with Crippen LogP contribution in [0.2, 0.25) is 0 Å². The molecule has 0 bridgehead atoms. The van der Waals surface area contributed by atoms with Crippen molar-refractivity contribution in [2.75, 3.05) is 20.3 Å². The summed E-state index contributed by atoms with van der Waals surface area (Å²) < 4.78 is 10.9. The van der Waals surface area contributed by atoms with Gasteiger partial charge in [-0.2, -0.15) is 0 Å². The Labute approximate surface area is 158 Å². The maximum absolute atomic E-state index is 12.3. The SMILES string of the molecule is COc1ccccc1CN=C(N)NCC(=O)NC1CCOc2ccccc21. The van der Waals surface area contributed by atoms with Gasteiger partial charge in [-0.25, -0.2) is 4.99 Å². The first-order valence-electron chi connectivity index (χ1n) is 8.84. The molecule has 0 aromatic heterocycles. The Kier molecular flexibility index (Phi) is 6.14. The maximum Gasteiger partial charge on any atom is 0.239 e. The molecule has 142 valence electrons. The lowest BCUT2D eigenvalue weighted by Gasteiger charge is -2.26. The van der Waals surface area contributed by atoms with Crippen molar-refractivity contribution in [3.63, 3.8) is 0 Å². The van der Waals surface area contributed by atoms with Gasteiger partial charge < -0.3 is 25.8 Å². The van der Waals surface area contributed by atoms with Gasteiger partial charge in [-0.05, 0) is 12.1 Å². The highest BCUT2D eigenvalue weighted by atomic mass is 16.5. The molecule has 1 aliphatic rings. The Morgan fingerprint density at radius 3 is 2.89 bits per heavy atom. The summed E-state index contributed by atoms with van der Waals surface area (Å²) in [5.41, 5.74) is 7.79. The highest BCUT2D eigenvalue weighted by Gasteiger charge is 2.22. The summed E-state index contributed by atoms with van der Waals surface area (Å²) in [6, 6.07) is 15.3. The standard InChI is InChI=1S/C20H24N4O3/c1-26-17-8-4-2-6-14(17)12-22-20(21)23-13-19(25)24-16-10-11-27-18-9-5-3-7-15(16)18/h2-9,16H,10-13H2,1H3,(H,24,25)(H3,21,22,23). The molecule has 7 heteroatoms. The van der Waals surface area contributed by atoms with E-state index in [4.69, 9.17) is 15.2 Å². The molecule has 0 saturated heterocycles. The first kappa shape index (κ1) is 18.6. The number of carbonyl (C=O) groups excluding carboxylic acids is 1. The average Bonchev–Trinajstić information content (AvgIpc) is 2.71. The molecule has 2 aromatic carbocycles. The van der Waals surface area contributed by atoms with Gasteiger partial charge >= 0.3 is 0 Å². The fraction of sp³-hybridized carbons (Fsp3) is 0.300. The van der Waals surface area contributed by atoms with Crippen molar-refractivity contribution in [3.8, 4) is 11.5 Å². The largest absolute Gasteiger partial charge is 0.496 e. The Hall–Kier alpha value is -3.22. The number of ether oxygens (including phenoxy) is 2. The van der Waals surface area contributed by atoms with Crippen molar-refractivity contribution >= 4 is 11.9 Å². The number of guanidine groups is 1. The van der Waals surface area contributed by atoms with E-state index < -0.39 is 0 Å². The van der Waals surface area contributed by atoms with E-state index in [2.05, 4.69) is 15.6 Å². The molecule has 0 fully saturated rings. The molecule has 0 spiro atoms. The van der Waals surface area contributed by atoms with Crippen molar-refractivity contribution in [1.29, 1.82) is 0 Å². The van der Waals surface area contributed by atoms with Crippen molar-refractivity contribution in [3.05, 3.63) is 59.7 Å². The molecule has 0 radical (unpaired) electrons. The van der Waals surface area contributed by atoms with Crippen LogP contribution in [0.5, 0.6) is 11.5 Å². The Balaban J connectivity index is 1.50. The van der Waals surface area contributed by atoms with E-state index in [0.717, 1.165) is 29.0 Å². The molecule has 27 heavy (non-hydrogen) atoms. The lowest BCUT2D eigenvalue weighted by atomic mass is 10.0. The lowest BCUT2D eigenvalue weighted by molar-refractivity contribution is -0.120. The predicted octanol–water partition coefficient (Wildman–Crippen LogP) is 1.74. The summed E-state index contributed by atoms with van der Waals surface area (Å²) >= 11 is 0. The van der Waals surface area contributed by atoms with Gasteiger partial charge in [0.1, 0.15) is 11.5 Å². The summed E-state index contributed by atoms with van der Waals surface area (Å²) in [6.45, 7) is 1.01. The van der Waals surface area contributed by atoms with Crippen LogP contribution in [0.4, 0.5) is 0 Å². The zero-order chi connectivity index (χ0) is 19.1. The molecule has 0 saturated carbocycles. The van der Waals surface area contributed by atoms with E-state index >= 15 is 0 Å². The van der Waals surface area contributed by atoms with Gasteiger partial charge in [0.25, 0.3) is 0 Å². The van der Waals surface area contributed by atoms with Gasteiger partial charge in [-0.1, -0.05) is 36.4 Å². The van der Waals surface area contributed by atoms with Crippen LogP contribution in [0, 0.1) is 0 Å². The van der Waals surface area contributed by atoms with E-state index in [0.29, 0.717) is 13.2 Å². The van der Waals surface area contributed by atoms with E-state index in [1.807, 2.05) is 48.5 Å². The summed E-state index contributed by atoms with van der Waals surface area (Å²) in [7, 11) is 1.61. The van der Waals surface area contributed by atoms with Crippen LogP contribution in [0.15, 0.2) is 53.5 Å². The molecule has 1 amide bonds. The summed E-state index contributed by atoms with van der Waals surface area (Å²) in [4.78, 5) is 16.5. The summed E-state index contributed by atoms with van der Waals surface area (Å²) in [5.74, 6) is 1.64. The Morgan fingerprint density at radius 1 is 1.26 bits per heavy atom. The van der Waals surface area contributed by atoms with Crippen LogP contribution in [-0.2, 0) is 11.3 Å². The van der Waals surface area contributed by atoms with Gasteiger partial charge in [0.15, 0.2) is 5.96 Å². The van der Waals surface area contributed by atoms with Crippen molar-refractivity contribution in [1.82, 2.24) is 10.6 Å². The van der Waals surface area contributed by atoms with E-state index in [-0.39, 0.29) is 24.5 Å². The molecule has 1 atom stereocenters. The van der Waals surface area contributed by atoms with E-state index in [1.165, 1.54) is 0 Å². The molecule has 2 aromatic rings. The summed E-state index contributed by atoms with van der Waals surface area (Å²) in [6.07, 6.45) is 0.736. The molecule has 0 aliphatic carbocycles. The highest BCUT2D eigenvalue weighted by Crippen LogP contribution is 2.31. The van der Waals surface area contributed by atoms with Gasteiger partial charge in [0.2, 0.25) is 5.91 Å². The number of fused-ring (bicyclic) bond motifs is 1. The number of benzene rings is 2. The quantitative estimate of drug-likeness (QED) is 0.533. The number of methoxy groups -OCH3 is 1. The van der Waals surface area contributed by atoms with Crippen LogP contribution in [-0.4, -0.2) is 32.1 Å².